The molecule has 0 aliphatic rings. The highest BCUT2D eigenvalue weighted by Crippen LogP contribution is 1.84. The van der Waals surface area contributed by atoms with E-state index in [1.807, 2.05) is 0 Å². The average molecular weight is 163 g/mol. The minimum atomic E-state index is -1.15. The first kappa shape index (κ1) is 10.2. The van der Waals surface area contributed by atoms with E-state index >= 15 is 0 Å². The number of nitrogens with one attached hydrogen (secondary N) is 1. The smallest absolute Gasteiger partial charge is 0.405 e. The predicted molar refractivity (Wildman–Crippen MR) is 38.5 cm³/mol. The first-order valence-corrected chi connectivity index (χ1v) is 3.38. The zero-order valence-corrected chi connectivity index (χ0v) is 6.41. The monoisotopic (exact) mass is 163 g/mol. The summed E-state index contributed by atoms with van der Waals surface area (Å²) in [4.78, 5) is 10.1. The fourth-order valence-corrected chi connectivity index (χ4v) is 0.575. The van der Waals surface area contributed by atoms with Gasteiger partial charge in [0.1, 0.15) is 0 Å². The van der Waals surface area contributed by atoms with Crippen molar-refractivity contribution in [3.8, 4) is 0 Å². The molecule has 66 valence electrons. The van der Waals surface area contributed by atoms with Crippen LogP contribution in [0.1, 0.15) is 6.92 Å². The summed E-state index contributed by atoms with van der Waals surface area (Å²) in [6, 6.07) is -0.521. The Balaban J connectivity index is 3.49. The molecule has 0 rings (SSSR count). The van der Waals surface area contributed by atoms with E-state index in [-0.39, 0.29) is 13.2 Å². The van der Waals surface area contributed by atoms with Crippen molar-refractivity contribution in [2.24, 2.45) is 0 Å². The summed E-state index contributed by atoms with van der Waals surface area (Å²) in [5.74, 6) is 0. The van der Waals surface area contributed by atoms with Gasteiger partial charge in [-0.3, -0.25) is 0 Å². The summed E-state index contributed by atoms with van der Waals surface area (Å²) in [5.41, 5.74) is 0. The van der Waals surface area contributed by atoms with E-state index in [0.29, 0.717) is 6.61 Å². The zero-order valence-electron chi connectivity index (χ0n) is 6.41. The number of carbonyl (C=O) groups is 1. The van der Waals surface area contributed by atoms with Crippen molar-refractivity contribution in [3.63, 3.8) is 0 Å². The zero-order chi connectivity index (χ0) is 8.69. The van der Waals surface area contributed by atoms with Crippen molar-refractivity contribution in [1.29, 1.82) is 0 Å². The lowest BCUT2D eigenvalue weighted by molar-refractivity contribution is 0.0945. The number of rotatable bonds is 5. The van der Waals surface area contributed by atoms with Gasteiger partial charge in [-0.1, -0.05) is 0 Å². The van der Waals surface area contributed by atoms with Crippen LogP contribution in [0.25, 0.3) is 0 Å². The molecule has 0 aliphatic carbocycles. The fourth-order valence-electron chi connectivity index (χ4n) is 0.575. The summed E-state index contributed by atoms with van der Waals surface area (Å²) >= 11 is 0. The van der Waals surface area contributed by atoms with Crippen LogP contribution in [0.2, 0.25) is 0 Å². The molecule has 1 atom stereocenters. The Morgan fingerprint density at radius 2 is 2.36 bits per heavy atom. The van der Waals surface area contributed by atoms with Gasteiger partial charge in [0, 0.05) is 6.61 Å². The second-order valence-corrected chi connectivity index (χ2v) is 1.99. The molecule has 0 fully saturated rings. The molecule has 0 aromatic carbocycles. The summed E-state index contributed by atoms with van der Waals surface area (Å²) in [6.07, 6.45) is -1.15. The van der Waals surface area contributed by atoms with Gasteiger partial charge in [0.05, 0.1) is 19.3 Å². The van der Waals surface area contributed by atoms with E-state index in [2.05, 4.69) is 5.32 Å². The molecule has 0 aliphatic heterocycles. The summed E-state index contributed by atoms with van der Waals surface area (Å²) in [6.45, 7) is 2.28. The Kier molecular flexibility index (Phi) is 5.50. The van der Waals surface area contributed by atoms with Gasteiger partial charge < -0.3 is 20.3 Å². The molecule has 3 N–H and O–H groups in total. The second-order valence-electron chi connectivity index (χ2n) is 1.99. The average Bonchev–Trinajstić information content (AvgIpc) is 1.97. The van der Waals surface area contributed by atoms with E-state index in [9.17, 15) is 4.79 Å². The van der Waals surface area contributed by atoms with Crippen molar-refractivity contribution in [2.45, 2.75) is 13.0 Å². The van der Waals surface area contributed by atoms with Crippen LogP contribution in [0.5, 0.6) is 0 Å². The maximum Gasteiger partial charge on any atom is 0.405 e. The van der Waals surface area contributed by atoms with Crippen molar-refractivity contribution < 1.29 is 19.7 Å². The van der Waals surface area contributed by atoms with Gasteiger partial charge in [0.15, 0.2) is 0 Å². The number of hydrogen-bond acceptors (Lipinski definition) is 3. The predicted octanol–water partition coefficient (Wildman–Crippen LogP) is -0.349. The first-order chi connectivity index (χ1) is 5.20. The normalized spacial score (nSPS) is 12.5. The highest BCUT2D eigenvalue weighted by Gasteiger charge is 2.08. The van der Waals surface area contributed by atoms with Gasteiger partial charge in [-0.15, -0.1) is 0 Å². The van der Waals surface area contributed by atoms with E-state index in [1.165, 1.54) is 0 Å². The number of ether oxygens (including phenoxy) is 1. The Morgan fingerprint density at radius 1 is 1.73 bits per heavy atom. The molecule has 0 spiro atoms. The number of hydrogen-bond donors (Lipinski definition) is 3. The van der Waals surface area contributed by atoms with Crippen LogP contribution >= 0.6 is 0 Å². The second kappa shape index (κ2) is 5.94. The molecule has 0 saturated carbocycles. The standard InChI is InChI=1S/C6H13NO4/c1-2-11-4-5(3-8)7-6(9)10/h5,7-8H,2-4H2,1H3,(H,9,10). The third-order valence-electron chi connectivity index (χ3n) is 1.07. The van der Waals surface area contributed by atoms with Crippen LogP contribution in [0.3, 0.4) is 0 Å². The van der Waals surface area contributed by atoms with Crippen LogP contribution in [-0.4, -0.2) is 42.2 Å². The molecule has 5 heteroatoms. The maximum absolute atomic E-state index is 10.1. The molecule has 0 bridgehead atoms. The highest BCUT2D eigenvalue weighted by molar-refractivity contribution is 5.64. The van der Waals surface area contributed by atoms with Gasteiger partial charge in [0.25, 0.3) is 0 Å². The van der Waals surface area contributed by atoms with Gasteiger partial charge in [0.2, 0.25) is 0 Å². The summed E-state index contributed by atoms with van der Waals surface area (Å²) < 4.78 is 4.90. The Hall–Kier alpha value is -0.810. The number of carboxylic acid groups (broad SMARTS) is 1. The molecule has 0 saturated heterocycles. The molecule has 0 radical (unpaired) electrons. The molecule has 0 heterocycles. The van der Waals surface area contributed by atoms with E-state index in [0.717, 1.165) is 0 Å². The molecule has 0 aromatic rings. The number of aliphatic hydroxyl groups is 1. The van der Waals surface area contributed by atoms with Crippen LogP contribution in [0.4, 0.5) is 4.79 Å². The number of aliphatic hydroxyl groups excluding tert-OH is 1. The quantitative estimate of drug-likeness (QED) is 0.517. The minimum absolute atomic E-state index is 0.208. The van der Waals surface area contributed by atoms with Crippen LogP contribution in [0, 0.1) is 0 Å². The molecule has 1 unspecified atom stereocenters. The first-order valence-electron chi connectivity index (χ1n) is 3.38. The summed E-state index contributed by atoms with van der Waals surface area (Å²) in [7, 11) is 0. The minimum Gasteiger partial charge on any atom is -0.465 e. The van der Waals surface area contributed by atoms with Gasteiger partial charge in [-0.2, -0.15) is 0 Å². The van der Waals surface area contributed by atoms with Gasteiger partial charge in [-0.05, 0) is 6.92 Å². The SMILES string of the molecule is CCOCC(CO)NC(=O)O. The maximum atomic E-state index is 10.1. The van der Waals surface area contributed by atoms with Crippen LogP contribution in [0.15, 0.2) is 0 Å². The Bertz CT molecular complexity index is 117. The van der Waals surface area contributed by atoms with Crippen LogP contribution < -0.4 is 5.32 Å². The lowest BCUT2D eigenvalue weighted by Gasteiger charge is -2.12. The summed E-state index contributed by atoms with van der Waals surface area (Å²) in [5, 5.41) is 18.9. The number of amides is 1. The highest BCUT2D eigenvalue weighted by atomic mass is 16.5. The van der Waals surface area contributed by atoms with E-state index < -0.39 is 12.1 Å². The van der Waals surface area contributed by atoms with E-state index in [4.69, 9.17) is 14.9 Å². The molecule has 1 amide bonds. The van der Waals surface area contributed by atoms with Gasteiger partial charge in [-0.25, -0.2) is 4.79 Å². The topological polar surface area (TPSA) is 78.8 Å². The molecular formula is C6H13NO4. The third-order valence-corrected chi connectivity index (χ3v) is 1.07. The van der Waals surface area contributed by atoms with Crippen molar-refractivity contribution in [1.82, 2.24) is 5.32 Å². The third kappa shape index (κ3) is 5.63. The molecule has 5 nitrogen and oxygen atoms in total. The Morgan fingerprint density at radius 3 is 2.73 bits per heavy atom. The van der Waals surface area contributed by atoms with Crippen molar-refractivity contribution in [3.05, 3.63) is 0 Å². The Labute approximate surface area is 65.0 Å². The van der Waals surface area contributed by atoms with Gasteiger partial charge >= 0.3 is 6.09 Å². The lowest BCUT2D eigenvalue weighted by Crippen LogP contribution is -2.39. The van der Waals surface area contributed by atoms with Crippen molar-refractivity contribution in [2.75, 3.05) is 19.8 Å². The van der Waals surface area contributed by atoms with Crippen molar-refractivity contribution >= 4 is 6.09 Å². The largest absolute Gasteiger partial charge is 0.465 e. The van der Waals surface area contributed by atoms with E-state index in [1.54, 1.807) is 6.92 Å². The molecular weight excluding hydrogens is 150 g/mol. The molecule has 0 aromatic heterocycles. The fraction of sp³-hybridized carbons (Fsp3) is 0.833. The molecule has 11 heavy (non-hydrogen) atoms. The van der Waals surface area contributed by atoms with Crippen LogP contribution in [-0.2, 0) is 4.74 Å². The lowest BCUT2D eigenvalue weighted by atomic mass is 10.3.